The van der Waals surface area contributed by atoms with Gasteiger partial charge in [-0.1, -0.05) is 26.8 Å². The second kappa shape index (κ2) is 6.58. The van der Waals surface area contributed by atoms with Crippen molar-refractivity contribution in [2.24, 2.45) is 0 Å². The summed E-state index contributed by atoms with van der Waals surface area (Å²) in [5.41, 5.74) is 3.04. The van der Waals surface area contributed by atoms with Crippen LogP contribution >= 0.6 is 22.7 Å². The molecule has 27 heavy (non-hydrogen) atoms. The Morgan fingerprint density at radius 1 is 1.15 bits per heavy atom. The Morgan fingerprint density at radius 3 is 2.63 bits per heavy atom. The highest BCUT2D eigenvalue weighted by molar-refractivity contribution is 7.13. The maximum absolute atomic E-state index is 11.0. The fraction of sp³-hybridized carbons (Fsp3) is 0.250. The fourth-order valence-corrected chi connectivity index (χ4v) is 4.50. The number of benzene rings is 1. The fourth-order valence-electron chi connectivity index (χ4n) is 2.70. The third-order valence-corrected chi connectivity index (χ3v) is 5.90. The van der Waals surface area contributed by atoms with Gasteiger partial charge in [-0.05, 0) is 23.8 Å². The van der Waals surface area contributed by atoms with Crippen LogP contribution in [0.15, 0.2) is 39.4 Å². The number of aromatic carboxylic acids is 1. The van der Waals surface area contributed by atoms with Gasteiger partial charge in [0, 0.05) is 28.0 Å². The zero-order valence-corrected chi connectivity index (χ0v) is 16.8. The molecule has 3 aromatic heterocycles. The Labute approximate surface area is 164 Å². The number of aromatic nitrogens is 2. The van der Waals surface area contributed by atoms with Gasteiger partial charge in [0.1, 0.15) is 5.58 Å². The summed E-state index contributed by atoms with van der Waals surface area (Å²) >= 11 is 2.95. The van der Waals surface area contributed by atoms with Crippen LogP contribution in [0.1, 0.15) is 47.5 Å². The molecule has 0 saturated carbocycles. The molecule has 0 fully saturated rings. The molecule has 0 aliphatic carbocycles. The van der Waals surface area contributed by atoms with E-state index < -0.39 is 5.97 Å². The van der Waals surface area contributed by atoms with E-state index in [1.54, 1.807) is 16.7 Å². The number of carbonyl (C=O) groups is 1. The average molecular weight is 399 g/mol. The Hall–Kier alpha value is -2.51. The summed E-state index contributed by atoms with van der Waals surface area (Å²) in [7, 11) is 0. The molecule has 3 heterocycles. The van der Waals surface area contributed by atoms with Crippen LogP contribution in [0, 0.1) is 0 Å². The number of carboxylic acid groups (broad SMARTS) is 1. The maximum Gasteiger partial charge on any atom is 0.355 e. The first-order valence-corrected chi connectivity index (χ1v) is 10.2. The first kappa shape index (κ1) is 17.9. The van der Waals surface area contributed by atoms with E-state index in [-0.39, 0.29) is 11.1 Å². The molecule has 0 bridgehead atoms. The van der Waals surface area contributed by atoms with E-state index in [2.05, 4.69) is 37.2 Å². The molecule has 0 aliphatic rings. The number of hydrogen-bond acceptors (Lipinski definition) is 6. The minimum absolute atomic E-state index is 0.0104. The molecule has 4 aromatic rings. The summed E-state index contributed by atoms with van der Waals surface area (Å²) in [5.74, 6) is -0.226. The van der Waals surface area contributed by atoms with Crippen LogP contribution < -0.4 is 0 Å². The van der Waals surface area contributed by atoms with Crippen LogP contribution in [-0.4, -0.2) is 21.0 Å². The van der Waals surface area contributed by atoms with Crippen LogP contribution in [0.4, 0.5) is 0 Å². The molecular formula is C20H18N2O3S2. The van der Waals surface area contributed by atoms with Gasteiger partial charge in [-0.3, -0.25) is 0 Å². The normalized spacial score (nSPS) is 12.0. The van der Waals surface area contributed by atoms with E-state index >= 15 is 0 Å². The molecule has 7 heteroatoms. The molecule has 1 N–H and O–H groups in total. The molecule has 0 aliphatic heterocycles. The maximum atomic E-state index is 11.0. The van der Waals surface area contributed by atoms with Gasteiger partial charge < -0.3 is 9.52 Å². The lowest BCUT2D eigenvalue weighted by molar-refractivity contribution is 0.0691. The number of rotatable bonds is 4. The van der Waals surface area contributed by atoms with Crippen molar-refractivity contribution in [3.8, 4) is 10.8 Å². The number of hydrogen-bond donors (Lipinski definition) is 1. The van der Waals surface area contributed by atoms with Crippen molar-refractivity contribution in [3.63, 3.8) is 0 Å². The molecule has 0 amide bonds. The summed E-state index contributed by atoms with van der Waals surface area (Å²) in [6, 6.07) is 8.00. The van der Waals surface area contributed by atoms with Crippen LogP contribution in [0.2, 0.25) is 0 Å². The summed E-state index contributed by atoms with van der Waals surface area (Å²) in [5, 5.41) is 15.3. The van der Waals surface area contributed by atoms with Crippen molar-refractivity contribution >= 4 is 39.6 Å². The first-order valence-electron chi connectivity index (χ1n) is 8.46. The molecule has 0 spiro atoms. The van der Waals surface area contributed by atoms with Gasteiger partial charge in [0.15, 0.2) is 16.5 Å². The molecule has 0 atom stereocenters. The highest BCUT2D eigenvalue weighted by atomic mass is 32.1. The third kappa shape index (κ3) is 3.65. The van der Waals surface area contributed by atoms with Gasteiger partial charge >= 0.3 is 5.97 Å². The summed E-state index contributed by atoms with van der Waals surface area (Å²) in [6.45, 7) is 6.43. The molecule has 4 rings (SSSR count). The van der Waals surface area contributed by atoms with E-state index in [0.29, 0.717) is 6.42 Å². The van der Waals surface area contributed by atoms with E-state index in [4.69, 9.17) is 14.5 Å². The Balaban J connectivity index is 1.61. The number of fused-ring (bicyclic) bond motifs is 1. The largest absolute Gasteiger partial charge is 0.476 e. The highest BCUT2D eigenvalue weighted by Gasteiger charge is 2.19. The SMILES string of the molecule is CC(C)(C)c1csc(-c2cc3cc(Cc4nc(C(=O)O)cs4)ccc3o2)n1. The number of carboxylic acids is 1. The number of furan rings is 1. The van der Waals surface area contributed by atoms with Crippen molar-refractivity contribution in [2.75, 3.05) is 0 Å². The lowest BCUT2D eigenvalue weighted by Gasteiger charge is -2.13. The molecule has 138 valence electrons. The smallest absolute Gasteiger partial charge is 0.355 e. The van der Waals surface area contributed by atoms with E-state index in [9.17, 15) is 4.79 Å². The summed E-state index contributed by atoms with van der Waals surface area (Å²) in [6.07, 6.45) is 0.597. The monoisotopic (exact) mass is 398 g/mol. The first-order chi connectivity index (χ1) is 12.8. The number of thiazole rings is 2. The minimum Gasteiger partial charge on any atom is -0.476 e. The van der Waals surface area contributed by atoms with E-state index in [1.165, 1.54) is 11.3 Å². The van der Waals surface area contributed by atoms with Crippen LogP contribution in [-0.2, 0) is 11.8 Å². The predicted octanol–water partition coefficient (Wildman–Crippen LogP) is 5.60. The lowest BCUT2D eigenvalue weighted by atomic mass is 9.93. The molecule has 0 unspecified atom stereocenters. The van der Waals surface area contributed by atoms with Crippen molar-refractivity contribution < 1.29 is 14.3 Å². The average Bonchev–Trinajstić information content (AvgIpc) is 3.32. The van der Waals surface area contributed by atoms with Crippen molar-refractivity contribution in [2.45, 2.75) is 32.6 Å². The van der Waals surface area contributed by atoms with Gasteiger partial charge in [-0.25, -0.2) is 14.8 Å². The zero-order valence-electron chi connectivity index (χ0n) is 15.1. The lowest BCUT2D eigenvalue weighted by Crippen LogP contribution is -2.11. The highest BCUT2D eigenvalue weighted by Crippen LogP contribution is 2.33. The summed E-state index contributed by atoms with van der Waals surface area (Å²) < 4.78 is 5.98. The van der Waals surface area contributed by atoms with Gasteiger partial charge in [0.25, 0.3) is 0 Å². The standard InChI is InChI=1S/C20H18N2O3S2/c1-20(2,3)16-10-27-18(22-16)15-8-12-6-11(4-5-14(12)25-15)7-17-21-13(9-26-17)19(23)24/h4-6,8-10H,7H2,1-3H3,(H,23,24). The quantitative estimate of drug-likeness (QED) is 0.484. The third-order valence-electron chi connectivity index (χ3n) is 4.19. The molecule has 1 aromatic carbocycles. The Morgan fingerprint density at radius 2 is 1.96 bits per heavy atom. The predicted molar refractivity (Wildman–Crippen MR) is 108 cm³/mol. The van der Waals surface area contributed by atoms with Crippen LogP contribution in [0.3, 0.4) is 0 Å². The second-order valence-electron chi connectivity index (χ2n) is 7.38. The van der Waals surface area contributed by atoms with Gasteiger partial charge in [-0.15, -0.1) is 22.7 Å². The second-order valence-corrected chi connectivity index (χ2v) is 9.18. The van der Waals surface area contributed by atoms with Crippen molar-refractivity contribution in [1.29, 1.82) is 0 Å². The van der Waals surface area contributed by atoms with Crippen molar-refractivity contribution in [1.82, 2.24) is 9.97 Å². The molecule has 0 radical (unpaired) electrons. The van der Waals surface area contributed by atoms with E-state index in [1.807, 2.05) is 18.2 Å². The van der Waals surface area contributed by atoms with Gasteiger partial charge in [0.05, 0.1) is 10.7 Å². The van der Waals surface area contributed by atoms with Crippen molar-refractivity contribution in [3.05, 3.63) is 57.0 Å². The molecule has 5 nitrogen and oxygen atoms in total. The topological polar surface area (TPSA) is 76.2 Å². The zero-order chi connectivity index (χ0) is 19.2. The number of nitrogens with zero attached hydrogens (tertiary/aromatic N) is 2. The Kier molecular flexibility index (Phi) is 4.36. The van der Waals surface area contributed by atoms with Crippen LogP contribution in [0.25, 0.3) is 21.7 Å². The molecule has 0 saturated heterocycles. The van der Waals surface area contributed by atoms with Crippen LogP contribution in [0.5, 0.6) is 0 Å². The molecular weight excluding hydrogens is 380 g/mol. The van der Waals surface area contributed by atoms with Gasteiger partial charge in [0.2, 0.25) is 0 Å². The minimum atomic E-state index is -0.995. The van der Waals surface area contributed by atoms with E-state index in [0.717, 1.165) is 38.0 Å². The Bertz CT molecular complexity index is 1130. The van der Waals surface area contributed by atoms with Gasteiger partial charge in [-0.2, -0.15) is 0 Å². The summed E-state index contributed by atoms with van der Waals surface area (Å²) in [4.78, 5) is 19.8.